The van der Waals surface area contributed by atoms with E-state index in [2.05, 4.69) is 10.3 Å². The number of aryl methyl sites for hydroxylation is 1. The number of carbonyl (C=O) groups excluding carboxylic acids is 1. The fourth-order valence-corrected chi connectivity index (χ4v) is 2.42. The normalized spacial score (nSPS) is 16.5. The van der Waals surface area contributed by atoms with Gasteiger partial charge in [0.2, 0.25) is 0 Å². The molecule has 1 saturated carbocycles. The number of hydrogen-bond acceptors (Lipinski definition) is 3. The largest absolute Gasteiger partial charge is 0.298 e. The first-order valence-electron chi connectivity index (χ1n) is 6.15. The summed E-state index contributed by atoms with van der Waals surface area (Å²) in [6, 6.07) is 10.0. The molecule has 0 bridgehead atoms. The monoisotopic (exact) mass is 241 g/mol. The summed E-state index contributed by atoms with van der Waals surface area (Å²) < 4.78 is 1.63. The van der Waals surface area contributed by atoms with Crippen LogP contribution in [0.4, 0.5) is 0 Å². The van der Waals surface area contributed by atoms with E-state index in [-0.39, 0.29) is 11.2 Å². The maximum absolute atomic E-state index is 12.4. The Bertz CT molecular complexity index is 570. The fourth-order valence-electron chi connectivity index (χ4n) is 2.42. The Balaban J connectivity index is 1.81. The fraction of sp³-hybridized carbons (Fsp3) is 0.357. The van der Waals surface area contributed by atoms with Crippen molar-refractivity contribution in [1.82, 2.24) is 15.0 Å². The lowest BCUT2D eigenvalue weighted by Crippen LogP contribution is -2.22. The minimum Gasteiger partial charge on any atom is -0.298 e. The number of Topliss-reactive ketones (excluding diaryl/α,β-unsaturated/α-hetero) is 1. The van der Waals surface area contributed by atoms with Crippen LogP contribution in [0.5, 0.6) is 0 Å². The van der Waals surface area contributed by atoms with Crippen LogP contribution in [0, 0.1) is 0 Å². The molecule has 1 fully saturated rings. The quantitative estimate of drug-likeness (QED) is 0.818. The van der Waals surface area contributed by atoms with Gasteiger partial charge in [0.15, 0.2) is 0 Å². The molecule has 2 aromatic rings. The number of benzene rings is 1. The van der Waals surface area contributed by atoms with Crippen molar-refractivity contribution in [3.05, 3.63) is 47.8 Å². The third kappa shape index (κ3) is 1.83. The molecule has 1 aromatic heterocycles. The Morgan fingerprint density at radius 2 is 2.06 bits per heavy atom. The molecular weight excluding hydrogens is 226 g/mol. The van der Waals surface area contributed by atoms with Gasteiger partial charge in [-0.05, 0) is 18.4 Å². The van der Waals surface area contributed by atoms with Gasteiger partial charge >= 0.3 is 0 Å². The van der Waals surface area contributed by atoms with Crippen LogP contribution < -0.4 is 0 Å². The molecule has 1 aliphatic carbocycles. The maximum atomic E-state index is 12.4. The second-order valence-corrected chi connectivity index (χ2v) is 4.93. The van der Waals surface area contributed by atoms with E-state index in [0.717, 1.165) is 24.1 Å². The molecule has 0 aliphatic heterocycles. The number of ketones is 1. The van der Waals surface area contributed by atoms with Crippen LogP contribution in [0.3, 0.4) is 0 Å². The van der Waals surface area contributed by atoms with Crippen LogP contribution in [-0.2, 0) is 23.7 Å². The standard InChI is InChI=1S/C14H15N3O/c1-17-10-12(15-16-17)9-13(18)14(7-8-14)11-5-3-2-4-6-11/h2-6,10H,7-9H2,1H3. The third-order valence-corrected chi connectivity index (χ3v) is 3.60. The predicted octanol–water partition coefficient (Wildman–Crippen LogP) is 1.66. The molecule has 0 amide bonds. The summed E-state index contributed by atoms with van der Waals surface area (Å²) in [4.78, 5) is 12.4. The maximum Gasteiger partial charge on any atom is 0.149 e. The molecule has 92 valence electrons. The SMILES string of the molecule is Cn1cc(CC(=O)C2(c3ccccc3)CC2)nn1. The van der Waals surface area contributed by atoms with Gasteiger partial charge in [-0.25, -0.2) is 0 Å². The Hall–Kier alpha value is -1.97. The molecule has 4 heteroatoms. The number of nitrogens with zero attached hydrogens (tertiary/aromatic N) is 3. The number of hydrogen-bond donors (Lipinski definition) is 0. The highest BCUT2D eigenvalue weighted by atomic mass is 16.1. The highest BCUT2D eigenvalue weighted by Crippen LogP contribution is 2.49. The summed E-state index contributed by atoms with van der Waals surface area (Å²) in [6.45, 7) is 0. The Labute approximate surface area is 106 Å². The molecule has 1 aromatic carbocycles. The molecular formula is C14H15N3O. The summed E-state index contributed by atoms with van der Waals surface area (Å²) in [5.74, 6) is 0.259. The minimum atomic E-state index is -0.251. The van der Waals surface area contributed by atoms with Crippen LogP contribution in [0.1, 0.15) is 24.1 Å². The average molecular weight is 241 g/mol. The van der Waals surface area contributed by atoms with E-state index in [1.165, 1.54) is 0 Å². The number of rotatable bonds is 4. The Morgan fingerprint density at radius 3 is 2.61 bits per heavy atom. The van der Waals surface area contributed by atoms with Crippen molar-refractivity contribution in [1.29, 1.82) is 0 Å². The van der Waals surface area contributed by atoms with Gasteiger partial charge in [-0.1, -0.05) is 35.5 Å². The Morgan fingerprint density at radius 1 is 1.33 bits per heavy atom. The van der Waals surface area contributed by atoms with Crippen molar-refractivity contribution in [3.8, 4) is 0 Å². The van der Waals surface area contributed by atoms with Gasteiger partial charge in [0.05, 0.1) is 17.5 Å². The van der Waals surface area contributed by atoms with E-state index in [1.54, 1.807) is 10.9 Å². The zero-order chi connectivity index (χ0) is 12.6. The first kappa shape index (κ1) is 11.1. The van der Waals surface area contributed by atoms with Crippen molar-refractivity contribution >= 4 is 5.78 Å². The van der Waals surface area contributed by atoms with E-state index in [0.29, 0.717) is 6.42 Å². The van der Waals surface area contributed by atoms with E-state index in [4.69, 9.17) is 0 Å². The Kier molecular flexibility index (Phi) is 2.51. The molecule has 4 nitrogen and oxygen atoms in total. The van der Waals surface area contributed by atoms with Crippen molar-refractivity contribution < 1.29 is 4.79 Å². The lowest BCUT2D eigenvalue weighted by atomic mass is 9.89. The predicted molar refractivity (Wildman–Crippen MR) is 67.1 cm³/mol. The van der Waals surface area contributed by atoms with Crippen molar-refractivity contribution in [2.45, 2.75) is 24.7 Å². The van der Waals surface area contributed by atoms with Crippen LogP contribution in [0.2, 0.25) is 0 Å². The first-order chi connectivity index (χ1) is 8.71. The molecule has 0 atom stereocenters. The van der Waals surface area contributed by atoms with E-state index in [9.17, 15) is 4.79 Å². The lowest BCUT2D eigenvalue weighted by molar-refractivity contribution is -0.120. The van der Waals surface area contributed by atoms with Gasteiger partial charge in [0.25, 0.3) is 0 Å². The minimum absolute atomic E-state index is 0.251. The zero-order valence-corrected chi connectivity index (χ0v) is 10.3. The molecule has 0 spiro atoms. The lowest BCUT2D eigenvalue weighted by Gasteiger charge is -2.13. The second kappa shape index (κ2) is 4.05. The van der Waals surface area contributed by atoms with Gasteiger partial charge < -0.3 is 0 Å². The second-order valence-electron chi connectivity index (χ2n) is 4.93. The van der Waals surface area contributed by atoms with Crippen molar-refractivity contribution in [3.63, 3.8) is 0 Å². The molecule has 1 aliphatic rings. The van der Waals surface area contributed by atoms with E-state index in [1.807, 2.05) is 37.4 Å². The smallest absolute Gasteiger partial charge is 0.149 e. The van der Waals surface area contributed by atoms with E-state index >= 15 is 0 Å². The molecule has 3 rings (SSSR count). The molecule has 1 heterocycles. The van der Waals surface area contributed by atoms with Crippen LogP contribution >= 0.6 is 0 Å². The summed E-state index contributed by atoms with van der Waals surface area (Å²) >= 11 is 0. The van der Waals surface area contributed by atoms with Gasteiger partial charge in [-0.3, -0.25) is 9.48 Å². The number of carbonyl (C=O) groups is 1. The van der Waals surface area contributed by atoms with Crippen LogP contribution in [0.25, 0.3) is 0 Å². The number of aromatic nitrogens is 3. The highest BCUT2D eigenvalue weighted by Gasteiger charge is 2.50. The average Bonchev–Trinajstić information content (AvgIpc) is 3.10. The van der Waals surface area contributed by atoms with Crippen molar-refractivity contribution in [2.75, 3.05) is 0 Å². The zero-order valence-electron chi connectivity index (χ0n) is 10.3. The highest BCUT2D eigenvalue weighted by molar-refractivity contribution is 5.94. The van der Waals surface area contributed by atoms with Gasteiger partial charge in [-0.15, -0.1) is 5.10 Å². The molecule has 18 heavy (non-hydrogen) atoms. The summed E-state index contributed by atoms with van der Waals surface area (Å²) in [6.07, 6.45) is 4.09. The summed E-state index contributed by atoms with van der Waals surface area (Å²) in [5.41, 5.74) is 1.64. The van der Waals surface area contributed by atoms with Gasteiger partial charge in [-0.2, -0.15) is 0 Å². The third-order valence-electron chi connectivity index (χ3n) is 3.60. The molecule has 0 unspecified atom stereocenters. The van der Waals surface area contributed by atoms with Crippen LogP contribution in [0.15, 0.2) is 36.5 Å². The molecule has 0 saturated heterocycles. The van der Waals surface area contributed by atoms with E-state index < -0.39 is 0 Å². The van der Waals surface area contributed by atoms with Crippen LogP contribution in [-0.4, -0.2) is 20.8 Å². The summed E-state index contributed by atoms with van der Waals surface area (Å²) in [7, 11) is 1.81. The molecule has 0 N–H and O–H groups in total. The molecule has 0 radical (unpaired) electrons. The van der Waals surface area contributed by atoms with Gasteiger partial charge in [0.1, 0.15) is 5.78 Å². The summed E-state index contributed by atoms with van der Waals surface area (Å²) in [5, 5.41) is 7.84. The van der Waals surface area contributed by atoms with Crippen molar-refractivity contribution in [2.24, 2.45) is 7.05 Å². The van der Waals surface area contributed by atoms with Gasteiger partial charge in [0, 0.05) is 13.2 Å². The topological polar surface area (TPSA) is 47.8 Å². The first-order valence-corrected chi connectivity index (χ1v) is 6.15.